The molecule has 70 valence electrons. The van der Waals surface area contributed by atoms with Crippen LogP contribution < -0.4 is 0 Å². The van der Waals surface area contributed by atoms with Crippen molar-refractivity contribution in [3.63, 3.8) is 0 Å². The van der Waals surface area contributed by atoms with Gasteiger partial charge in [-0.3, -0.25) is 9.59 Å². The van der Waals surface area contributed by atoms with Gasteiger partial charge in [0.25, 0.3) is 0 Å². The molecule has 0 atom stereocenters. The summed E-state index contributed by atoms with van der Waals surface area (Å²) in [6.07, 6.45) is 1.37. The molecule has 0 aromatic heterocycles. The smallest absolute Gasteiger partial charge is 0.145 e. The van der Waals surface area contributed by atoms with E-state index in [1.165, 1.54) is 0 Å². The third kappa shape index (κ3) is 3.16. The van der Waals surface area contributed by atoms with Gasteiger partial charge in [-0.15, -0.1) is 0 Å². The van der Waals surface area contributed by atoms with Crippen molar-refractivity contribution in [1.29, 1.82) is 0 Å². The maximum Gasteiger partial charge on any atom is 0.145 e. The zero-order valence-corrected chi connectivity index (χ0v) is 8.44. The summed E-state index contributed by atoms with van der Waals surface area (Å²) in [5, 5.41) is 0. The van der Waals surface area contributed by atoms with Crippen molar-refractivity contribution in [1.82, 2.24) is 0 Å². The Hall–Kier alpha value is -0.660. The molecule has 0 heterocycles. The fraction of sp³-hybridized carbons (Fsp3) is 0.800. The monoisotopic (exact) mass is 170 g/mol. The summed E-state index contributed by atoms with van der Waals surface area (Å²) in [6.45, 7) is 7.53. The molecule has 2 nitrogen and oxygen atoms in total. The first-order valence-corrected chi connectivity index (χ1v) is 4.49. The van der Waals surface area contributed by atoms with E-state index in [0.717, 1.165) is 6.42 Å². The van der Waals surface area contributed by atoms with Gasteiger partial charge in [-0.25, -0.2) is 0 Å². The third-order valence-electron chi connectivity index (χ3n) is 2.39. The Morgan fingerprint density at radius 1 is 1.17 bits per heavy atom. The molecule has 0 unspecified atom stereocenters. The predicted molar refractivity (Wildman–Crippen MR) is 49.0 cm³/mol. The molecule has 0 amide bonds. The molecule has 0 bridgehead atoms. The second-order valence-corrected chi connectivity index (χ2v) is 3.73. The molecule has 0 saturated carbocycles. The summed E-state index contributed by atoms with van der Waals surface area (Å²) in [6, 6.07) is 0. The van der Waals surface area contributed by atoms with E-state index in [0.29, 0.717) is 6.42 Å². The minimum absolute atomic E-state index is 0.0431. The van der Waals surface area contributed by atoms with Crippen LogP contribution in [0.5, 0.6) is 0 Å². The molecule has 2 heteroatoms. The van der Waals surface area contributed by atoms with Gasteiger partial charge in [-0.05, 0) is 6.42 Å². The third-order valence-corrected chi connectivity index (χ3v) is 2.39. The van der Waals surface area contributed by atoms with Crippen LogP contribution in [0.1, 0.15) is 47.0 Å². The highest BCUT2D eigenvalue weighted by Gasteiger charge is 2.26. The van der Waals surface area contributed by atoms with Gasteiger partial charge in [0.2, 0.25) is 0 Å². The van der Waals surface area contributed by atoms with Crippen LogP contribution in [-0.2, 0) is 9.59 Å². The zero-order valence-electron chi connectivity index (χ0n) is 8.44. The van der Waals surface area contributed by atoms with Crippen molar-refractivity contribution in [2.45, 2.75) is 47.0 Å². The predicted octanol–water partition coefficient (Wildman–Crippen LogP) is 2.36. The van der Waals surface area contributed by atoms with Gasteiger partial charge in [0.15, 0.2) is 0 Å². The first-order chi connectivity index (χ1) is 5.44. The van der Waals surface area contributed by atoms with Gasteiger partial charge >= 0.3 is 0 Å². The molecule has 0 fully saturated rings. The molecular formula is C10H18O2. The van der Waals surface area contributed by atoms with Crippen LogP contribution in [0, 0.1) is 5.41 Å². The molecule has 0 aliphatic carbocycles. The minimum Gasteiger partial charge on any atom is -0.299 e. The maximum atomic E-state index is 11.4. The first kappa shape index (κ1) is 11.3. The highest BCUT2D eigenvalue weighted by molar-refractivity contribution is 6.01. The van der Waals surface area contributed by atoms with Crippen molar-refractivity contribution >= 4 is 11.6 Å². The number of carbonyl (C=O) groups is 2. The van der Waals surface area contributed by atoms with Crippen LogP contribution in [0.3, 0.4) is 0 Å². The molecule has 0 aliphatic heterocycles. The molecule has 0 spiro atoms. The van der Waals surface area contributed by atoms with E-state index >= 15 is 0 Å². The van der Waals surface area contributed by atoms with E-state index in [2.05, 4.69) is 0 Å². The molecule has 0 rings (SSSR count). The van der Waals surface area contributed by atoms with Crippen molar-refractivity contribution in [3.05, 3.63) is 0 Å². The van der Waals surface area contributed by atoms with Gasteiger partial charge in [0.1, 0.15) is 11.6 Å². The van der Waals surface area contributed by atoms with Crippen LogP contribution in [-0.4, -0.2) is 11.6 Å². The number of hydrogen-bond acceptors (Lipinski definition) is 2. The summed E-state index contributed by atoms with van der Waals surface area (Å²) in [5.74, 6) is 0.110. The standard InChI is InChI=1S/C10H18O2/c1-5-8(11)7-9(12)10(3,4)6-2/h5-7H2,1-4H3. The lowest BCUT2D eigenvalue weighted by molar-refractivity contribution is -0.132. The summed E-state index contributed by atoms with van der Waals surface area (Å²) in [4.78, 5) is 22.4. The average molecular weight is 170 g/mol. The second kappa shape index (κ2) is 4.39. The Morgan fingerprint density at radius 2 is 1.67 bits per heavy atom. The van der Waals surface area contributed by atoms with Crippen LogP contribution in [0.15, 0.2) is 0 Å². The molecule has 0 aromatic carbocycles. The van der Waals surface area contributed by atoms with Crippen molar-refractivity contribution in [3.8, 4) is 0 Å². The fourth-order valence-electron chi connectivity index (χ4n) is 0.741. The minimum atomic E-state index is -0.329. The van der Waals surface area contributed by atoms with E-state index in [-0.39, 0.29) is 23.4 Å². The quantitative estimate of drug-likeness (QED) is 0.593. The molecule has 0 saturated heterocycles. The second-order valence-electron chi connectivity index (χ2n) is 3.73. The number of carbonyl (C=O) groups excluding carboxylic acids is 2. The van der Waals surface area contributed by atoms with E-state index in [1.807, 2.05) is 20.8 Å². The van der Waals surface area contributed by atoms with Crippen LogP contribution in [0.2, 0.25) is 0 Å². The average Bonchev–Trinajstić information content (AvgIpc) is 2.04. The van der Waals surface area contributed by atoms with E-state index < -0.39 is 0 Å². The van der Waals surface area contributed by atoms with Crippen molar-refractivity contribution in [2.75, 3.05) is 0 Å². The Kier molecular flexibility index (Phi) is 4.15. The van der Waals surface area contributed by atoms with Crippen LogP contribution in [0.4, 0.5) is 0 Å². The van der Waals surface area contributed by atoms with Crippen molar-refractivity contribution < 1.29 is 9.59 Å². The summed E-state index contributed by atoms with van der Waals surface area (Å²) in [7, 11) is 0. The SMILES string of the molecule is CCC(=O)CC(=O)C(C)(C)CC. The fourth-order valence-corrected chi connectivity index (χ4v) is 0.741. The Labute approximate surface area is 74.3 Å². The van der Waals surface area contributed by atoms with Gasteiger partial charge in [-0.1, -0.05) is 27.7 Å². The van der Waals surface area contributed by atoms with Gasteiger partial charge in [0, 0.05) is 11.8 Å². The molecule has 0 N–H and O–H groups in total. The van der Waals surface area contributed by atoms with Gasteiger partial charge in [0.05, 0.1) is 6.42 Å². The Morgan fingerprint density at radius 3 is 2.00 bits per heavy atom. The van der Waals surface area contributed by atoms with Crippen LogP contribution >= 0.6 is 0 Å². The normalized spacial score (nSPS) is 11.3. The van der Waals surface area contributed by atoms with Crippen molar-refractivity contribution in [2.24, 2.45) is 5.41 Å². The van der Waals surface area contributed by atoms with Gasteiger partial charge < -0.3 is 0 Å². The highest BCUT2D eigenvalue weighted by Crippen LogP contribution is 2.22. The molecule has 12 heavy (non-hydrogen) atoms. The molecule has 0 aromatic rings. The summed E-state index contributed by atoms with van der Waals surface area (Å²) in [5.41, 5.74) is -0.329. The maximum absolute atomic E-state index is 11.4. The summed E-state index contributed by atoms with van der Waals surface area (Å²) < 4.78 is 0. The first-order valence-electron chi connectivity index (χ1n) is 4.49. The van der Waals surface area contributed by atoms with Gasteiger partial charge in [-0.2, -0.15) is 0 Å². The molecule has 0 radical (unpaired) electrons. The number of hydrogen-bond donors (Lipinski definition) is 0. The Bertz CT molecular complexity index is 180. The highest BCUT2D eigenvalue weighted by atomic mass is 16.1. The summed E-state index contributed by atoms with van der Waals surface area (Å²) >= 11 is 0. The lowest BCUT2D eigenvalue weighted by atomic mass is 9.83. The lowest BCUT2D eigenvalue weighted by Crippen LogP contribution is -2.25. The zero-order chi connectivity index (χ0) is 9.78. The number of rotatable bonds is 5. The number of ketones is 2. The molecular weight excluding hydrogens is 152 g/mol. The lowest BCUT2D eigenvalue weighted by Gasteiger charge is -2.19. The van der Waals surface area contributed by atoms with E-state index in [1.54, 1.807) is 6.92 Å². The number of Topliss-reactive ketones (excluding diaryl/α,β-unsaturated/α-hetero) is 2. The molecule has 0 aliphatic rings. The topological polar surface area (TPSA) is 34.1 Å². The van der Waals surface area contributed by atoms with E-state index in [9.17, 15) is 9.59 Å². The Balaban J connectivity index is 4.13. The largest absolute Gasteiger partial charge is 0.299 e. The van der Waals surface area contributed by atoms with E-state index in [4.69, 9.17) is 0 Å². The van der Waals surface area contributed by atoms with Crippen LogP contribution in [0.25, 0.3) is 0 Å².